The van der Waals surface area contributed by atoms with E-state index in [0.29, 0.717) is 28.8 Å². The summed E-state index contributed by atoms with van der Waals surface area (Å²) >= 11 is 0. The van der Waals surface area contributed by atoms with Crippen LogP contribution in [-0.4, -0.2) is 24.5 Å². The van der Waals surface area contributed by atoms with Crippen LogP contribution in [0.3, 0.4) is 0 Å². The zero-order valence-corrected chi connectivity index (χ0v) is 18.0. The molecule has 1 aromatic heterocycles. The van der Waals surface area contributed by atoms with Crippen molar-refractivity contribution < 1.29 is 12.8 Å². The summed E-state index contributed by atoms with van der Waals surface area (Å²) in [5.74, 6) is -0.383. The van der Waals surface area contributed by atoms with Gasteiger partial charge in [0.1, 0.15) is 5.82 Å². The monoisotopic (exact) mass is 428 g/mol. The van der Waals surface area contributed by atoms with Crippen LogP contribution in [0.15, 0.2) is 64.4 Å². The average molecular weight is 429 g/mol. The standard InChI is InChI=1S/C23H25FN2O3S/c1-3-4-5-6-15-26-23(27)22(18-7-11-19(24)12-8-18)21(16-25-26)17-9-13-20(14-10-17)30(2,28)29/h7-14,16H,3-6,15H2,1-2H3. The van der Waals surface area contributed by atoms with Crippen LogP contribution in [0.4, 0.5) is 4.39 Å². The maximum Gasteiger partial charge on any atom is 0.275 e. The predicted octanol–water partition coefficient (Wildman–Crippen LogP) is 4.70. The maximum atomic E-state index is 13.4. The zero-order valence-electron chi connectivity index (χ0n) is 17.1. The summed E-state index contributed by atoms with van der Waals surface area (Å²) in [6, 6.07) is 12.1. The Morgan fingerprint density at radius 3 is 2.17 bits per heavy atom. The molecule has 0 aliphatic rings. The molecule has 0 aliphatic carbocycles. The third-order valence-corrected chi connectivity index (χ3v) is 6.12. The van der Waals surface area contributed by atoms with Crippen molar-refractivity contribution in [2.75, 3.05) is 6.26 Å². The van der Waals surface area contributed by atoms with Crippen molar-refractivity contribution in [3.05, 3.63) is 70.9 Å². The second-order valence-electron chi connectivity index (χ2n) is 7.33. The van der Waals surface area contributed by atoms with Crippen molar-refractivity contribution in [1.82, 2.24) is 9.78 Å². The fourth-order valence-electron chi connectivity index (χ4n) is 3.33. The Labute approximate surface area is 176 Å². The summed E-state index contributed by atoms with van der Waals surface area (Å²) in [6.45, 7) is 2.64. The lowest BCUT2D eigenvalue weighted by Gasteiger charge is -2.13. The molecule has 0 N–H and O–H groups in total. The topological polar surface area (TPSA) is 69.0 Å². The minimum absolute atomic E-state index is 0.201. The number of aromatic nitrogens is 2. The van der Waals surface area contributed by atoms with Crippen molar-refractivity contribution in [2.45, 2.75) is 44.0 Å². The second kappa shape index (κ2) is 9.34. The second-order valence-corrected chi connectivity index (χ2v) is 9.34. The van der Waals surface area contributed by atoms with Gasteiger partial charge in [-0.15, -0.1) is 0 Å². The molecule has 158 valence electrons. The lowest BCUT2D eigenvalue weighted by molar-refractivity contribution is 0.520. The molecule has 30 heavy (non-hydrogen) atoms. The van der Waals surface area contributed by atoms with Gasteiger partial charge in [0.25, 0.3) is 5.56 Å². The first-order valence-electron chi connectivity index (χ1n) is 9.98. The molecule has 0 saturated carbocycles. The fraction of sp³-hybridized carbons (Fsp3) is 0.304. The summed E-state index contributed by atoms with van der Waals surface area (Å²) in [6.07, 6.45) is 6.84. The van der Waals surface area contributed by atoms with E-state index in [9.17, 15) is 17.6 Å². The smallest absolute Gasteiger partial charge is 0.267 e. The van der Waals surface area contributed by atoms with Gasteiger partial charge in [0.05, 0.1) is 16.7 Å². The molecule has 0 atom stereocenters. The van der Waals surface area contributed by atoms with E-state index in [-0.39, 0.29) is 16.3 Å². The molecule has 1 heterocycles. The fourth-order valence-corrected chi connectivity index (χ4v) is 3.96. The van der Waals surface area contributed by atoms with Gasteiger partial charge in [-0.3, -0.25) is 4.79 Å². The largest absolute Gasteiger partial charge is 0.275 e. The summed E-state index contributed by atoms with van der Waals surface area (Å²) in [5.41, 5.74) is 2.02. The van der Waals surface area contributed by atoms with Gasteiger partial charge in [0.15, 0.2) is 9.84 Å². The van der Waals surface area contributed by atoms with Gasteiger partial charge >= 0.3 is 0 Å². The molecular weight excluding hydrogens is 403 g/mol. The molecule has 0 saturated heterocycles. The number of benzene rings is 2. The first-order chi connectivity index (χ1) is 14.3. The van der Waals surface area contributed by atoms with Crippen molar-refractivity contribution in [2.24, 2.45) is 0 Å². The molecule has 0 amide bonds. The highest BCUT2D eigenvalue weighted by atomic mass is 32.2. The molecule has 0 bridgehead atoms. The van der Waals surface area contributed by atoms with Crippen molar-refractivity contribution >= 4 is 9.84 Å². The van der Waals surface area contributed by atoms with E-state index >= 15 is 0 Å². The van der Waals surface area contributed by atoms with E-state index in [1.807, 2.05) is 0 Å². The number of hydrogen-bond acceptors (Lipinski definition) is 4. The van der Waals surface area contributed by atoms with Gasteiger partial charge in [-0.2, -0.15) is 5.10 Å². The third kappa shape index (κ3) is 5.02. The van der Waals surface area contributed by atoms with Crippen LogP contribution in [-0.2, 0) is 16.4 Å². The zero-order chi connectivity index (χ0) is 21.7. The first kappa shape index (κ1) is 21.9. The number of unbranched alkanes of at least 4 members (excludes halogenated alkanes) is 3. The number of halogens is 1. The molecule has 3 rings (SSSR count). The number of nitrogens with zero attached hydrogens (tertiary/aromatic N) is 2. The predicted molar refractivity (Wildman–Crippen MR) is 117 cm³/mol. The van der Waals surface area contributed by atoms with E-state index in [1.165, 1.54) is 28.9 Å². The van der Waals surface area contributed by atoms with Crippen LogP contribution < -0.4 is 5.56 Å². The highest BCUT2D eigenvalue weighted by molar-refractivity contribution is 7.90. The van der Waals surface area contributed by atoms with Gasteiger partial charge in [-0.25, -0.2) is 17.5 Å². The summed E-state index contributed by atoms with van der Waals surface area (Å²) in [5, 5.41) is 4.34. The number of sulfone groups is 1. The van der Waals surface area contributed by atoms with Crippen LogP contribution in [0.5, 0.6) is 0 Å². The highest BCUT2D eigenvalue weighted by Gasteiger charge is 2.16. The maximum absolute atomic E-state index is 13.4. The van der Waals surface area contributed by atoms with Crippen LogP contribution in [0, 0.1) is 5.82 Å². The van der Waals surface area contributed by atoms with Gasteiger partial charge in [-0.1, -0.05) is 50.5 Å². The molecule has 0 radical (unpaired) electrons. The molecular formula is C23H25FN2O3S. The van der Waals surface area contributed by atoms with Crippen molar-refractivity contribution in [3.8, 4) is 22.3 Å². The molecule has 0 aliphatic heterocycles. The molecule has 7 heteroatoms. The quantitative estimate of drug-likeness (QED) is 0.488. The third-order valence-electron chi connectivity index (χ3n) is 4.99. The van der Waals surface area contributed by atoms with E-state index in [2.05, 4.69) is 12.0 Å². The Kier molecular flexibility index (Phi) is 6.82. The molecule has 2 aromatic carbocycles. The Balaban J connectivity index is 2.09. The van der Waals surface area contributed by atoms with Crippen LogP contribution in [0.25, 0.3) is 22.3 Å². The van der Waals surface area contributed by atoms with Crippen LogP contribution >= 0.6 is 0 Å². The van der Waals surface area contributed by atoms with E-state index < -0.39 is 9.84 Å². The Bertz CT molecular complexity index is 1170. The molecule has 5 nitrogen and oxygen atoms in total. The van der Waals surface area contributed by atoms with E-state index in [0.717, 1.165) is 31.9 Å². The highest BCUT2D eigenvalue weighted by Crippen LogP contribution is 2.29. The lowest BCUT2D eigenvalue weighted by Crippen LogP contribution is -2.25. The Morgan fingerprint density at radius 2 is 1.57 bits per heavy atom. The molecule has 0 fully saturated rings. The van der Waals surface area contributed by atoms with Gasteiger partial charge in [0, 0.05) is 18.4 Å². The van der Waals surface area contributed by atoms with Gasteiger partial charge < -0.3 is 0 Å². The minimum Gasteiger partial charge on any atom is -0.267 e. The molecule has 3 aromatic rings. The number of aryl methyl sites for hydroxylation is 1. The van der Waals surface area contributed by atoms with E-state index in [1.54, 1.807) is 30.5 Å². The SMILES string of the molecule is CCCCCCn1ncc(-c2ccc(S(C)(=O)=O)cc2)c(-c2ccc(F)cc2)c1=O. The summed E-state index contributed by atoms with van der Waals surface area (Å²) in [4.78, 5) is 13.4. The average Bonchev–Trinajstić information content (AvgIpc) is 2.72. The Morgan fingerprint density at radius 1 is 0.933 bits per heavy atom. The lowest BCUT2D eigenvalue weighted by atomic mass is 9.97. The van der Waals surface area contributed by atoms with Gasteiger partial charge in [-0.05, 0) is 41.8 Å². The van der Waals surface area contributed by atoms with E-state index in [4.69, 9.17) is 0 Å². The van der Waals surface area contributed by atoms with Crippen LogP contribution in [0.1, 0.15) is 32.6 Å². The summed E-state index contributed by atoms with van der Waals surface area (Å²) in [7, 11) is -3.32. The minimum atomic E-state index is -3.32. The molecule has 0 spiro atoms. The molecule has 0 unspecified atom stereocenters. The van der Waals surface area contributed by atoms with Crippen molar-refractivity contribution in [3.63, 3.8) is 0 Å². The Hall–Kier alpha value is -2.80. The van der Waals surface area contributed by atoms with Gasteiger partial charge in [0.2, 0.25) is 0 Å². The number of rotatable bonds is 8. The van der Waals surface area contributed by atoms with Crippen LogP contribution in [0.2, 0.25) is 0 Å². The first-order valence-corrected chi connectivity index (χ1v) is 11.9. The number of hydrogen-bond donors (Lipinski definition) is 0. The normalized spacial score (nSPS) is 11.6. The summed E-state index contributed by atoms with van der Waals surface area (Å²) < 4.78 is 38.4. The van der Waals surface area contributed by atoms with Crippen molar-refractivity contribution in [1.29, 1.82) is 0 Å².